The van der Waals surface area contributed by atoms with E-state index in [0.717, 1.165) is 0 Å². The monoisotopic (exact) mass is 260 g/mol. The number of nitrogens with zero attached hydrogens (tertiary/aromatic N) is 2. The van der Waals surface area contributed by atoms with E-state index in [1.54, 1.807) is 29.0 Å². The summed E-state index contributed by atoms with van der Waals surface area (Å²) >= 11 is 0. The Labute approximate surface area is 111 Å². The molecule has 2 aliphatic rings. The molecule has 0 aromatic heterocycles. The van der Waals surface area contributed by atoms with Crippen molar-refractivity contribution in [2.45, 2.75) is 12.1 Å². The Morgan fingerprint density at radius 3 is 2.74 bits per heavy atom. The van der Waals surface area contributed by atoms with Crippen LogP contribution >= 0.6 is 0 Å². The highest BCUT2D eigenvalue weighted by molar-refractivity contribution is 5.94. The van der Waals surface area contributed by atoms with Crippen molar-refractivity contribution in [2.24, 2.45) is 0 Å². The predicted molar refractivity (Wildman–Crippen MR) is 68.6 cm³/mol. The summed E-state index contributed by atoms with van der Waals surface area (Å²) in [6.07, 6.45) is -0.0598. The molecular formula is C14H16N2O3. The third-order valence-electron chi connectivity index (χ3n) is 3.86. The number of hydrogen-bond acceptors (Lipinski definition) is 3. The van der Waals surface area contributed by atoms with Gasteiger partial charge in [0.15, 0.2) is 0 Å². The number of likely N-dealkylation sites (tertiary alicyclic amines) is 1. The predicted octanol–water partition coefficient (Wildman–Crippen LogP) is 0.368. The highest BCUT2D eigenvalue weighted by atomic mass is 16.5. The third kappa shape index (κ3) is 2.10. The van der Waals surface area contributed by atoms with Crippen molar-refractivity contribution in [1.82, 2.24) is 9.80 Å². The molecule has 5 nitrogen and oxygen atoms in total. The van der Waals surface area contributed by atoms with Gasteiger partial charge in [0.05, 0.1) is 12.1 Å². The molecule has 0 aliphatic carbocycles. The van der Waals surface area contributed by atoms with Gasteiger partial charge in [-0.2, -0.15) is 0 Å². The number of benzene rings is 1. The van der Waals surface area contributed by atoms with E-state index in [4.69, 9.17) is 4.74 Å². The highest BCUT2D eigenvalue weighted by Gasteiger charge is 2.43. The molecule has 0 saturated carbocycles. The lowest BCUT2D eigenvalue weighted by molar-refractivity contribution is -0.150. The first kappa shape index (κ1) is 12.2. The zero-order valence-corrected chi connectivity index (χ0v) is 10.8. The lowest BCUT2D eigenvalue weighted by Crippen LogP contribution is -2.51. The molecule has 2 atom stereocenters. The third-order valence-corrected chi connectivity index (χ3v) is 3.86. The van der Waals surface area contributed by atoms with Gasteiger partial charge in [-0.25, -0.2) is 0 Å². The van der Waals surface area contributed by atoms with Gasteiger partial charge in [-0.15, -0.1) is 0 Å². The maximum atomic E-state index is 12.3. The Morgan fingerprint density at radius 1 is 1.26 bits per heavy atom. The SMILES string of the molecule is CN1C(=O)COC2CN(C(=O)c3ccccc3)CC21. The van der Waals surface area contributed by atoms with Gasteiger partial charge in [0, 0.05) is 25.7 Å². The summed E-state index contributed by atoms with van der Waals surface area (Å²) in [7, 11) is 1.78. The van der Waals surface area contributed by atoms with Crippen molar-refractivity contribution in [3.63, 3.8) is 0 Å². The average molecular weight is 260 g/mol. The summed E-state index contributed by atoms with van der Waals surface area (Å²) in [6.45, 7) is 1.21. The zero-order valence-electron chi connectivity index (χ0n) is 10.8. The summed E-state index contributed by atoms with van der Waals surface area (Å²) in [5, 5.41) is 0. The molecule has 3 rings (SSSR count). The minimum Gasteiger partial charge on any atom is -0.364 e. The van der Waals surface area contributed by atoms with Crippen LogP contribution in [0.5, 0.6) is 0 Å². The summed E-state index contributed by atoms with van der Waals surface area (Å²) in [5.74, 6) is -0.0188. The molecule has 0 radical (unpaired) electrons. The summed E-state index contributed by atoms with van der Waals surface area (Å²) in [6, 6.07) is 9.18. The first-order valence-corrected chi connectivity index (χ1v) is 6.38. The molecule has 2 saturated heterocycles. The average Bonchev–Trinajstić information content (AvgIpc) is 2.88. The molecule has 0 N–H and O–H groups in total. The fraction of sp³-hybridized carbons (Fsp3) is 0.429. The van der Waals surface area contributed by atoms with E-state index >= 15 is 0 Å². The van der Waals surface area contributed by atoms with E-state index in [1.807, 2.05) is 18.2 Å². The topological polar surface area (TPSA) is 49.9 Å². The first-order chi connectivity index (χ1) is 9.16. The van der Waals surface area contributed by atoms with Gasteiger partial charge >= 0.3 is 0 Å². The fourth-order valence-corrected chi connectivity index (χ4v) is 2.69. The molecule has 0 bridgehead atoms. The maximum absolute atomic E-state index is 12.3. The molecule has 2 fully saturated rings. The van der Waals surface area contributed by atoms with Crippen LogP contribution in [-0.2, 0) is 9.53 Å². The van der Waals surface area contributed by atoms with Crippen LogP contribution in [0.2, 0.25) is 0 Å². The minimum atomic E-state index is -0.0598. The fourth-order valence-electron chi connectivity index (χ4n) is 2.69. The smallest absolute Gasteiger partial charge is 0.254 e. The van der Waals surface area contributed by atoms with Gasteiger partial charge in [-0.1, -0.05) is 18.2 Å². The molecule has 1 aromatic rings. The Hall–Kier alpha value is -1.88. The first-order valence-electron chi connectivity index (χ1n) is 6.38. The quantitative estimate of drug-likeness (QED) is 0.733. The van der Waals surface area contributed by atoms with Gasteiger partial charge in [0.1, 0.15) is 6.61 Å². The van der Waals surface area contributed by atoms with E-state index < -0.39 is 0 Å². The Kier molecular flexibility index (Phi) is 2.98. The Balaban J connectivity index is 1.75. The van der Waals surface area contributed by atoms with Gasteiger partial charge in [-0.05, 0) is 12.1 Å². The van der Waals surface area contributed by atoms with Gasteiger partial charge in [0.2, 0.25) is 5.91 Å². The van der Waals surface area contributed by atoms with Crippen LogP contribution in [0.4, 0.5) is 0 Å². The number of carbonyl (C=O) groups is 2. The second-order valence-electron chi connectivity index (χ2n) is 5.00. The van der Waals surface area contributed by atoms with E-state index in [2.05, 4.69) is 0 Å². The van der Waals surface area contributed by atoms with Crippen LogP contribution in [0.1, 0.15) is 10.4 Å². The number of ether oxygens (including phenoxy) is 1. The molecule has 0 spiro atoms. The summed E-state index contributed by atoms with van der Waals surface area (Å²) < 4.78 is 5.52. The minimum absolute atomic E-state index is 0.000510. The highest BCUT2D eigenvalue weighted by Crippen LogP contribution is 2.23. The summed E-state index contributed by atoms with van der Waals surface area (Å²) in [4.78, 5) is 27.4. The molecule has 19 heavy (non-hydrogen) atoms. The standard InChI is InChI=1S/C14H16N2O3/c1-15-11-7-16(8-12(11)19-9-13(15)17)14(18)10-5-3-2-4-6-10/h2-6,11-12H,7-9H2,1H3. The number of hydrogen-bond donors (Lipinski definition) is 0. The Bertz CT molecular complexity index is 503. The van der Waals surface area contributed by atoms with Crippen LogP contribution in [0.25, 0.3) is 0 Å². The molecule has 5 heteroatoms. The van der Waals surface area contributed by atoms with Crippen LogP contribution in [0, 0.1) is 0 Å². The van der Waals surface area contributed by atoms with Crippen LogP contribution < -0.4 is 0 Å². The number of fused-ring (bicyclic) bond motifs is 1. The molecule has 2 amide bonds. The summed E-state index contributed by atoms with van der Waals surface area (Å²) in [5.41, 5.74) is 0.676. The number of morpholine rings is 1. The second-order valence-corrected chi connectivity index (χ2v) is 5.00. The molecule has 2 aliphatic heterocycles. The van der Waals surface area contributed by atoms with Crippen LogP contribution in [-0.4, -0.2) is 60.5 Å². The van der Waals surface area contributed by atoms with Crippen molar-refractivity contribution in [1.29, 1.82) is 0 Å². The molecule has 2 unspecified atom stereocenters. The number of likely N-dealkylation sites (N-methyl/N-ethyl adjacent to an activating group) is 1. The zero-order chi connectivity index (χ0) is 13.4. The lowest BCUT2D eigenvalue weighted by Gasteiger charge is -2.33. The van der Waals surface area contributed by atoms with Crippen molar-refractivity contribution < 1.29 is 14.3 Å². The second kappa shape index (κ2) is 4.66. The maximum Gasteiger partial charge on any atom is 0.254 e. The Morgan fingerprint density at radius 2 is 2.00 bits per heavy atom. The number of carbonyl (C=O) groups excluding carboxylic acids is 2. The number of amides is 2. The van der Waals surface area contributed by atoms with Crippen molar-refractivity contribution in [3.05, 3.63) is 35.9 Å². The van der Waals surface area contributed by atoms with Crippen molar-refractivity contribution in [3.8, 4) is 0 Å². The van der Waals surface area contributed by atoms with Crippen molar-refractivity contribution in [2.75, 3.05) is 26.7 Å². The largest absolute Gasteiger partial charge is 0.364 e. The molecular weight excluding hydrogens is 244 g/mol. The van der Waals surface area contributed by atoms with E-state index in [-0.39, 0.29) is 30.6 Å². The molecule has 2 heterocycles. The van der Waals surface area contributed by atoms with E-state index in [1.165, 1.54) is 0 Å². The van der Waals surface area contributed by atoms with Crippen LogP contribution in [0.15, 0.2) is 30.3 Å². The van der Waals surface area contributed by atoms with Gasteiger partial charge in [-0.3, -0.25) is 9.59 Å². The van der Waals surface area contributed by atoms with Gasteiger partial charge < -0.3 is 14.5 Å². The lowest BCUT2D eigenvalue weighted by atomic mass is 10.1. The van der Waals surface area contributed by atoms with Gasteiger partial charge in [0.25, 0.3) is 5.91 Å². The number of rotatable bonds is 1. The molecule has 1 aromatic carbocycles. The van der Waals surface area contributed by atoms with E-state index in [0.29, 0.717) is 18.7 Å². The normalized spacial score (nSPS) is 26.5. The van der Waals surface area contributed by atoms with Crippen molar-refractivity contribution >= 4 is 11.8 Å². The van der Waals surface area contributed by atoms with Crippen LogP contribution in [0.3, 0.4) is 0 Å². The molecule has 100 valence electrons. The van der Waals surface area contributed by atoms with E-state index in [9.17, 15) is 9.59 Å².